The second-order valence-corrected chi connectivity index (χ2v) is 6.64. The predicted molar refractivity (Wildman–Crippen MR) is 113 cm³/mol. The number of carbonyl (C=O) groups is 2. The van der Waals surface area contributed by atoms with Crippen molar-refractivity contribution < 1.29 is 14.0 Å². The summed E-state index contributed by atoms with van der Waals surface area (Å²) in [6.45, 7) is 0.496. The van der Waals surface area contributed by atoms with Gasteiger partial charge in [-0.1, -0.05) is 18.2 Å². The average Bonchev–Trinajstić information content (AvgIpc) is 3.47. The molecule has 0 unspecified atom stereocenters. The van der Waals surface area contributed by atoms with Gasteiger partial charge in [-0.25, -0.2) is 4.68 Å². The minimum Gasteiger partial charge on any atom is -0.459 e. The van der Waals surface area contributed by atoms with Crippen molar-refractivity contribution in [3.05, 3.63) is 102 Å². The number of nitrogens with zero attached hydrogens (tertiary/aromatic N) is 2. The van der Waals surface area contributed by atoms with E-state index >= 15 is 0 Å². The lowest BCUT2D eigenvalue weighted by molar-refractivity contribution is 0.0953. The second kappa shape index (κ2) is 8.91. The third-order valence-corrected chi connectivity index (χ3v) is 4.51. The highest BCUT2D eigenvalue weighted by Crippen LogP contribution is 2.12. The standard InChI is InChI=1S/C23H20N4O3/c28-22(18-8-10-19(11-9-18)26-23(29)21-7-4-14-30-21)24-13-12-17-15-25-27(16-17)20-5-2-1-3-6-20/h1-11,14-16H,12-13H2,(H,24,28)(H,26,29). The first-order chi connectivity index (χ1) is 14.7. The van der Waals surface area contributed by atoms with Crippen LogP contribution in [0.15, 0.2) is 89.8 Å². The number of hydrogen-bond donors (Lipinski definition) is 2. The van der Waals surface area contributed by atoms with Crippen LogP contribution >= 0.6 is 0 Å². The van der Waals surface area contributed by atoms with Crippen molar-refractivity contribution in [3.63, 3.8) is 0 Å². The first-order valence-electron chi connectivity index (χ1n) is 9.51. The zero-order valence-electron chi connectivity index (χ0n) is 16.1. The van der Waals surface area contributed by atoms with Crippen molar-refractivity contribution in [2.75, 3.05) is 11.9 Å². The Morgan fingerprint density at radius 3 is 2.47 bits per heavy atom. The Balaban J connectivity index is 1.27. The van der Waals surface area contributed by atoms with Gasteiger partial charge in [0.2, 0.25) is 0 Å². The van der Waals surface area contributed by atoms with Crippen LogP contribution in [0.2, 0.25) is 0 Å². The summed E-state index contributed by atoms with van der Waals surface area (Å²) in [4.78, 5) is 24.3. The predicted octanol–water partition coefficient (Wildman–Crippen LogP) is 3.69. The van der Waals surface area contributed by atoms with Gasteiger partial charge >= 0.3 is 0 Å². The van der Waals surface area contributed by atoms with E-state index in [0.29, 0.717) is 24.2 Å². The fourth-order valence-corrected chi connectivity index (χ4v) is 2.94. The molecule has 2 amide bonds. The molecular formula is C23H20N4O3. The highest BCUT2D eigenvalue weighted by atomic mass is 16.3. The number of hydrogen-bond acceptors (Lipinski definition) is 4. The van der Waals surface area contributed by atoms with E-state index in [1.54, 1.807) is 42.6 Å². The van der Waals surface area contributed by atoms with Crippen molar-refractivity contribution in [3.8, 4) is 5.69 Å². The van der Waals surface area contributed by atoms with Crippen molar-refractivity contribution in [1.29, 1.82) is 0 Å². The number of anilines is 1. The summed E-state index contributed by atoms with van der Waals surface area (Å²) in [6, 6.07) is 19.8. The van der Waals surface area contributed by atoms with Gasteiger partial charge in [0.25, 0.3) is 11.8 Å². The third kappa shape index (κ3) is 4.64. The maximum absolute atomic E-state index is 12.3. The molecule has 4 aromatic rings. The van der Waals surface area contributed by atoms with Crippen LogP contribution in [0.3, 0.4) is 0 Å². The van der Waals surface area contributed by atoms with Gasteiger partial charge < -0.3 is 15.1 Å². The Labute approximate surface area is 173 Å². The van der Waals surface area contributed by atoms with Gasteiger partial charge in [0.15, 0.2) is 5.76 Å². The number of nitrogens with one attached hydrogen (secondary N) is 2. The Kier molecular flexibility index (Phi) is 5.70. The van der Waals surface area contributed by atoms with E-state index in [0.717, 1.165) is 11.3 Å². The van der Waals surface area contributed by atoms with Crippen LogP contribution in [-0.4, -0.2) is 28.1 Å². The van der Waals surface area contributed by atoms with Gasteiger partial charge in [-0.05, 0) is 60.5 Å². The summed E-state index contributed by atoms with van der Waals surface area (Å²) in [5, 5.41) is 9.97. The first kappa shape index (κ1) is 19.2. The molecule has 2 aromatic heterocycles. The molecule has 0 aliphatic heterocycles. The lowest BCUT2D eigenvalue weighted by Crippen LogP contribution is -2.25. The molecule has 0 bridgehead atoms. The number of rotatable bonds is 7. The zero-order valence-corrected chi connectivity index (χ0v) is 16.1. The summed E-state index contributed by atoms with van der Waals surface area (Å²) < 4.78 is 6.87. The summed E-state index contributed by atoms with van der Waals surface area (Å²) in [5.74, 6) is -0.282. The van der Waals surface area contributed by atoms with Crippen LogP contribution < -0.4 is 10.6 Å². The van der Waals surface area contributed by atoms with E-state index < -0.39 is 0 Å². The molecular weight excluding hydrogens is 380 g/mol. The monoisotopic (exact) mass is 400 g/mol. The molecule has 7 heteroatoms. The van der Waals surface area contributed by atoms with Crippen LogP contribution in [0.4, 0.5) is 5.69 Å². The molecule has 0 fully saturated rings. The van der Waals surface area contributed by atoms with E-state index in [2.05, 4.69) is 15.7 Å². The van der Waals surface area contributed by atoms with Gasteiger partial charge in [-0.2, -0.15) is 5.10 Å². The minimum absolute atomic E-state index is 0.172. The first-order valence-corrected chi connectivity index (χ1v) is 9.51. The fraction of sp³-hybridized carbons (Fsp3) is 0.0870. The molecule has 0 atom stereocenters. The van der Waals surface area contributed by atoms with Gasteiger partial charge in [0.05, 0.1) is 18.1 Å². The third-order valence-electron chi connectivity index (χ3n) is 4.51. The van der Waals surface area contributed by atoms with E-state index in [1.165, 1.54) is 6.26 Å². The molecule has 4 rings (SSSR count). The molecule has 2 N–H and O–H groups in total. The smallest absolute Gasteiger partial charge is 0.291 e. The summed E-state index contributed by atoms with van der Waals surface area (Å²) in [5.41, 5.74) is 3.13. The van der Waals surface area contributed by atoms with E-state index in [-0.39, 0.29) is 17.6 Å². The number of carbonyl (C=O) groups excluding carboxylic acids is 2. The topological polar surface area (TPSA) is 89.2 Å². The SMILES string of the molecule is O=C(NCCc1cnn(-c2ccccc2)c1)c1ccc(NC(=O)c2ccco2)cc1. The number of benzene rings is 2. The summed E-state index contributed by atoms with van der Waals surface area (Å²) in [7, 11) is 0. The van der Waals surface area contributed by atoms with Crippen molar-refractivity contribution in [1.82, 2.24) is 15.1 Å². The van der Waals surface area contributed by atoms with Crippen LogP contribution in [-0.2, 0) is 6.42 Å². The molecule has 0 aliphatic rings. The summed E-state index contributed by atoms with van der Waals surface area (Å²) >= 11 is 0. The molecule has 7 nitrogen and oxygen atoms in total. The molecule has 0 saturated heterocycles. The molecule has 150 valence electrons. The second-order valence-electron chi connectivity index (χ2n) is 6.64. The van der Waals surface area contributed by atoms with E-state index in [1.807, 2.05) is 41.2 Å². The maximum atomic E-state index is 12.3. The van der Waals surface area contributed by atoms with Crippen molar-refractivity contribution >= 4 is 17.5 Å². The Hall–Kier alpha value is -4.13. The van der Waals surface area contributed by atoms with Crippen molar-refractivity contribution in [2.24, 2.45) is 0 Å². The largest absolute Gasteiger partial charge is 0.459 e. The highest BCUT2D eigenvalue weighted by molar-refractivity contribution is 6.02. The van der Waals surface area contributed by atoms with Gasteiger partial charge in [-0.15, -0.1) is 0 Å². The molecule has 0 spiro atoms. The zero-order chi connectivity index (χ0) is 20.8. The molecule has 30 heavy (non-hydrogen) atoms. The number of furan rings is 1. The molecule has 0 saturated carbocycles. The Bertz CT molecular complexity index is 1120. The molecule has 2 aromatic carbocycles. The lowest BCUT2D eigenvalue weighted by atomic mass is 10.2. The number of amides is 2. The van der Waals surface area contributed by atoms with Crippen molar-refractivity contribution in [2.45, 2.75) is 6.42 Å². The van der Waals surface area contributed by atoms with Crippen LogP contribution in [0.1, 0.15) is 26.5 Å². The van der Waals surface area contributed by atoms with Crippen LogP contribution in [0.25, 0.3) is 5.69 Å². The number of aromatic nitrogens is 2. The van der Waals surface area contributed by atoms with E-state index in [4.69, 9.17) is 4.42 Å². The molecule has 2 heterocycles. The van der Waals surface area contributed by atoms with Gasteiger partial charge in [0.1, 0.15) is 0 Å². The lowest BCUT2D eigenvalue weighted by Gasteiger charge is -2.06. The number of para-hydroxylation sites is 1. The molecule has 0 radical (unpaired) electrons. The summed E-state index contributed by atoms with van der Waals surface area (Å²) in [6.07, 6.45) is 5.87. The fourth-order valence-electron chi connectivity index (χ4n) is 2.94. The van der Waals surface area contributed by atoms with Gasteiger partial charge in [0, 0.05) is 24.0 Å². The minimum atomic E-state index is -0.340. The molecule has 0 aliphatic carbocycles. The van der Waals surface area contributed by atoms with Crippen LogP contribution in [0.5, 0.6) is 0 Å². The Morgan fingerprint density at radius 2 is 1.73 bits per heavy atom. The van der Waals surface area contributed by atoms with E-state index in [9.17, 15) is 9.59 Å². The average molecular weight is 400 g/mol. The van der Waals surface area contributed by atoms with Crippen LogP contribution in [0, 0.1) is 0 Å². The van der Waals surface area contributed by atoms with Gasteiger partial charge in [-0.3, -0.25) is 9.59 Å². The highest BCUT2D eigenvalue weighted by Gasteiger charge is 2.10. The quantitative estimate of drug-likeness (QED) is 0.495. The maximum Gasteiger partial charge on any atom is 0.291 e. The normalized spacial score (nSPS) is 10.5. The Morgan fingerprint density at radius 1 is 0.933 bits per heavy atom.